The van der Waals surface area contributed by atoms with E-state index in [4.69, 9.17) is 0 Å². The third-order valence-corrected chi connectivity index (χ3v) is 6.17. The number of piperidine rings is 1. The van der Waals surface area contributed by atoms with Gasteiger partial charge in [-0.2, -0.15) is 0 Å². The summed E-state index contributed by atoms with van der Waals surface area (Å²) in [6, 6.07) is 1.76. The molecule has 0 bridgehead atoms. The minimum atomic E-state index is 0.879. The molecule has 0 amide bonds. The van der Waals surface area contributed by atoms with Crippen molar-refractivity contribution < 1.29 is 0 Å². The van der Waals surface area contributed by atoms with Crippen molar-refractivity contribution in [1.82, 2.24) is 9.80 Å². The predicted molar refractivity (Wildman–Crippen MR) is 86.1 cm³/mol. The Balaban J connectivity index is 1.64. The lowest BCUT2D eigenvalue weighted by molar-refractivity contribution is 0.0837. The van der Waals surface area contributed by atoms with Crippen molar-refractivity contribution in [2.75, 3.05) is 26.2 Å². The molecule has 0 N–H and O–H groups in total. The average molecular weight is 278 g/mol. The van der Waals surface area contributed by atoms with Crippen LogP contribution in [0.5, 0.6) is 0 Å². The van der Waals surface area contributed by atoms with Crippen LogP contribution in [0.4, 0.5) is 0 Å². The molecule has 2 atom stereocenters. The molecule has 2 aliphatic heterocycles. The average Bonchev–Trinajstić information content (AvgIpc) is 2.71. The topological polar surface area (TPSA) is 6.48 Å². The first kappa shape index (κ1) is 14.8. The van der Waals surface area contributed by atoms with Gasteiger partial charge in [-0.1, -0.05) is 32.6 Å². The number of rotatable bonds is 3. The van der Waals surface area contributed by atoms with Crippen LogP contribution in [0.15, 0.2) is 0 Å². The molecule has 2 nitrogen and oxygen atoms in total. The fraction of sp³-hybridized carbons (Fsp3) is 1.00. The quantitative estimate of drug-likeness (QED) is 0.772. The van der Waals surface area contributed by atoms with E-state index in [1.165, 1.54) is 90.4 Å². The summed E-state index contributed by atoms with van der Waals surface area (Å²) in [5.74, 6) is 1.00. The molecule has 3 rings (SSSR count). The Kier molecular flexibility index (Phi) is 5.39. The summed E-state index contributed by atoms with van der Waals surface area (Å²) in [6.07, 6.45) is 14.6. The zero-order valence-corrected chi connectivity index (χ0v) is 13.5. The van der Waals surface area contributed by atoms with Crippen LogP contribution in [0.3, 0.4) is 0 Å². The normalized spacial score (nSPS) is 32.5. The molecular weight excluding hydrogens is 244 g/mol. The largest absolute Gasteiger partial charge is 0.299 e. The van der Waals surface area contributed by atoms with E-state index in [1.807, 2.05) is 0 Å². The number of nitrogens with zero attached hydrogens (tertiary/aromatic N) is 2. The molecule has 2 saturated heterocycles. The summed E-state index contributed by atoms with van der Waals surface area (Å²) >= 11 is 0. The van der Waals surface area contributed by atoms with Crippen molar-refractivity contribution in [2.24, 2.45) is 5.92 Å². The van der Waals surface area contributed by atoms with Gasteiger partial charge in [0.25, 0.3) is 0 Å². The van der Waals surface area contributed by atoms with Gasteiger partial charge in [0.05, 0.1) is 0 Å². The van der Waals surface area contributed by atoms with Crippen molar-refractivity contribution in [3.8, 4) is 0 Å². The van der Waals surface area contributed by atoms with Gasteiger partial charge in [-0.05, 0) is 64.1 Å². The molecule has 2 unspecified atom stereocenters. The van der Waals surface area contributed by atoms with Crippen molar-refractivity contribution >= 4 is 0 Å². The molecule has 2 heterocycles. The highest BCUT2D eigenvalue weighted by atomic mass is 15.3. The summed E-state index contributed by atoms with van der Waals surface area (Å²) < 4.78 is 0. The number of fused-ring (bicyclic) bond motifs is 1. The molecule has 3 aliphatic rings. The van der Waals surface area contributed by atoms with Crippen LogP contribution in [-0.4, -0.2) is 48.1 Å². The highest BCUT2D eigenvalue weighted by molar-refractivity contribution is 4.88. The predicted octanol–water partition coefficient (Wildman–Crippen LogP) is 3.91. The molecule has 3 fully saturated rings. The smallest absolute Gasteiger partial charge is 0.0223 e. The Morgan fingerprint density at radius 3 is 2.40 bits per heavy atom. The van der Waals surface area contributed by atoms with Gasteiger partial charge < -0.3 is 0 Å². The number of hydrogen-bond acceptors (Lipinski definition) is 2. The summed E-state index contributed by atoms with van der Waals surface area (Å²) in [5, 5.41) is 0. The first-order valence-electron chi connectivity index (χ1n) is 9.36. The maximum Gasteiger partial charge on any atom is 0.0223 e. The summed E-state index contributed by atoms with van der Waals surface area (Å²) in [5.41, 5.74) is 0. The minimum absolute atomic E-state index is 0.879. The Hall–Kier alpha value is -0.0800. The fourth-order valence-corrected chi connectivity index (χ4v) is 5.11. The first-order valence-corrected chi connectivity index (χ1v) is 9.36. The van der Waals surface area contributed by atoms with E-state index >= 15 is 0 Å². The van der Waals surface area contributed by atoms with Crippen molar-refractivity contribution in [1.29, 1.82) is 0 Å². The molecule has 0 radical (unpaired) electrons. The molecule has 1 saturated carbocycles. The molecular formula is C18H34N2. The molecule has 0 aromatic carbocycles. The van der Waals surface area contributed by atoms with E-state index in [9.17, 15) is 0 Å². The van der Waals surface area contributed by atoms with E-state index in [1.54, 1.807) is 0 Å². The third kappa shape index (κ3) is 3.39. The van der Waals surface area contributed by atoms with Gasteiger partial charge in [-0.25, -0.2) is 0 Å². The first-order chi connectivity index (χ1) is 9.88. The van der Waals surface area contributed by atoms with Crippen LogP contribution in [0.1, 0.15) is 71.1 Å². The van der Waals surface area contributed by atoms with Crippen molar-refractivity contribution in [3.63, 3.8) is 0 Å². The SMILES string of the molecule is CCC(C1CCCCC1)N1CCCN2CCCCC2C1. The monoisotopic (exact) mass is 278 g/mol. The van der Waals surface area contributed by atoms with Crippen LogP contribution in [0.2, 0.25) is 0 Å². The van der Waals surface area contributed by atoms with Crippen molar-refractivity contribution in [2.45, 2.75) is 83.2 Å². The Labute approximate surface area is 125 Å². The van der Waals surface area contributed by atoms with Gasteiger partial charge in [0.2, 0.25) is 0 Å². The van der Waals surface area contributed by atoms with E-state index in [0.29, 0.717) is 0 Å². The second kappa shape index (κ2) is 7.26. The van der Waals surface area contributed by atoms with Gasteiger partial charge in [-0.3, -0.25) is 9.80 Å². The van der Waals surface area contributed by atoms with Crippen LogP contribution in [0.25, 0.3) is 0 Å². The summed E-state index contributed by atoms with van der Waals surface area (Å²) in [7, 11) is 0. The molecule has 116 valence electrons. The number of hydrogen-bond donors (Lipinski definition) is 0. The van der Waals surface area contributed by atoms with Gasteiger partial charge in [0, 0.05) is 18.6 Å². The molecule has 0 aromatic rings. The van der Waals surface area contributed by atoms with E-state index in [2.05, 4.69) is 16.7 Å². The zero-order valence-electron chi connectivity index (χ0n) is 13.5. The molecule has 1 aliphatic carbocycles. The Bertz CT molecular complexity index is 282. The summed E-state index contributed by atoms with van der Waals surface area (Å²) in [6.45, 7) is 7.90. The van der Waals surface area contributed by atoms with Crippen LogP contribution in [-0.2, 0) is 0 Å². The Morgan fingerprint density at radius 1 is 0.850 bits per heavy atom. The molecule has 20 heavy (non-hydrogen) atoms. The molecule has 0 aromatic heterocycles. The minimum Gasteiger partial charge on any atom is -0.299 e. The highest BCUT2D eigenvalue weighted by Crippen LogP contribution is 2.32. The lowest BCUT2D eigenvalue weighted by atomic mass is 9.82. The maximum absolute atomic E-state index is 2.91. The van der Waals surface area contributed by atoms with E-state index in [-0.39, 0.29) is 0 Å². The van der Waals surface area contributed by atoms with Gasteiger partial charge in [0.1, 0.15) is 0 Å². The second-order valence-electron chi connectivity index (χ2n) is 7.41. The fourth-order valence-electron chi connectivity index (χ4n) is 5.11. The van der Waals surface area contributed by atoms with Crippen LogP contribution in [0, 0.1) is 5.92 Å². The Morgan fingerprint density at radius 2 is 1.60 bits per heavy atom. The van der Waals surface area contributed by atoms with E-state index in [0.717, 1.165) is 18.0 Å². The maximum atomic E-state index is 2.91. The van der Waals surface area contributed by atoms with Gasteiger partial charge in [0.15, 0.2) is 0 Å². The summed E-state index contributed by atoms with van der Waals surface area (Å²) in [4.78, 5) is 5.71. The van der Waals surface area contributed by atoms with Crippen LogP contribution < -0.4 is 0 Å². The lowest BCUT2D eigenvalue weighted by Crippen LogP contribution is -2.48. The van der Waals surface area contributed by atoms with Crippen LogP contribution >= 0.6 is 0 Å². The zero-order chi connectivity index (χ0) is 13.8. The van der Waals surface area contributed by atoms with Gasteiger partial charge in [-0.15, -0.1) is 0 Å². The molecule has 0 spiro atoms. The third-order valence-electron chi connectivity index (χ3n) is 6.17. The van der Waals surface area contributed by atoms with Crippen molar-refractivity contribution in [3.05, 3.63) is 0 Å². The van der Waals surface area contributed by atoms with E-state index < -0.39 is 0 Å². The molecule has 2 heteroatoms. The lowest BCUT2D eigenvalue weighted by Gasteiger charge is -2.41. The second-order valence-corrected chi connectivity index (χ2v) is 7.41. The standard InChI is InChI=1S/C18H34N2/c1-2-18(16-9-4-3-5-10-16)20-14-8-13-19-12-7-6-11-17(19)15-20/h16-18H,2-15H2,1H3. The van der Waals surface area contributed by atoms with Gasteiger partial charge >= 0.3 is 0 Å². The highest BCUT2D eigenvalue weighted by Gasteiger charge is 2.33.